The molecule has 1 aromatic rings. The van der Waals surface area contributed by atoms with Crippen molar-refractivity contribution in [3.63, 3.8) is 0 Å². The molecule has 14 heavy (non-hydrogen) atoms. The summed E-state index contributed by atoms with van der Waals surface area (Å²) in [6, 6.07) is 1.94. The zero-order valence-electron chi connectivity index (χ0n) is 8.71. The number of hydrogen-bond donors (Lipinski definition) is 0. The molecule has 1 aromatic heterocycles. The Morgan fingerprint density at radius 1 is 1.50 bits per heavy atom. The van der Waals surface area contributed by atoms with Crippen molar-refractivity contribution in [1.82, 2.24) is 0 Å². The van der Waals surface area contributed by atoms with E-state index in [1.807, 2.05) is 18.4 Å². The fourth-order valence-corrected chi connectivity index (χ4v) is 1.98. The van der Waals surface area contributed by atoms with Gasteiger partial charge in [-0.1, -0.05) is 19.8 Å². The largest absolute Gasteiger partial charge is 0.462 e. The maximum Gasteiger partial charge on any atom is 0.348 e. The summed E-state index contributed by atoms with van der Waals surface area (Å²) in [4.78, 5) is 12.2. The van der Waals surface area contributed by atoms with Crippen LogP contribution < -0.4 is 0 Å². The Hall–Kier alpha value is -0.830. The molecule has 0 aliphatic rings. The van der Waals surface area contributed by atoms with E-state index < -0.39 is 0 Å². The molecule has 0 N–H and O–H groups in total. The highest BCUT2D eigenvalue weighted by Gasteiger charge is 2.10. The molecule has 1 rings (SSSR count). The predicted molar refractivity (Wildman–Crippen MR) is 58.9 cm³/mol. The first kappa shape index (κ1) is 11.2. The van der Waals surface area contributed by atoms with Crippen LogP contribution in [-0.2, 0) is 4.74 Å². The second kappa shape index (κ2) is 5.81. The maximum absolute atomic E-state index is 11.5. The van der Waals surface area contributed by atoms with Crippen molar-refractivity contribution in [2.24, 2.45) is 0 Å². The topological polar surface area (TPSA) is 26.3 Å². The summed E-state index contributed by atoms with van der Waals surface area (Å²) < 4.78 is 5.14. The molecule has 0 amide bonds. The molecule has 0 aliphatic carbocycles. The van der Waals surface area contributed by atoms with Gasteiger partial charge >= 0.3 is 5.97 Å². The number of carbonyl (C=O) groups is 1. The molecule has 0 saturated carbocycles. The molecular weight excluding hydrogens is 196 g/mol. The minimum Gasteiger partial charge on any atom is -0.462 e. The zero-order valence-corrected chi connectivity index (χ0v) is 9.52. The fourth-order valence-electron chi connectivity index (χ4n) is 1.16. The Labute approximate surface area is 88.9 Å². The van der Waals surface area contributed by atoms with Crippen molar-refractivity contribution in [1.29, 1.82) is 0 Å². The van der Waals surface area contributed by atoms with Crippen LogP contribution in [0.5, 0.6) is 0 Å². The zero-order chi connectivity index (χ0) is 10.4. The lowest BCUT2D eigenvalue weighted by molar-refractivity contribution is 0.0503. The summed E-state index contributed by atoms with van der Waals surface area (Å²) in [5, 5.41) is 1.91. The van der Waals surface area contributed by atoms with Crippen LogP contribution in [-0.4, -0.2) is 12.6 Å². The van der Waals surface area contributed by atoms with Crippen molar-refractivity contribution in [2.45, 2.75) is 33.1 Å². The van der Waals surface area contributed by atoms with Gasteiger partial charge in [-0.15, -0.1) is 11.3 Å². The first-order chi connectivity index (χ1) is 6.75. The average molecular weight is 212 g/mol. The van der Waals surface area contributed by atoms with E-state index in [-0.39, 0.29) is 5.97 Å². The van der Waals surface area contributed by atoms with Crippen LogP contribution in [0.4, 0.5) is 0 Å². The second-order valence-corrected chi connectivity index (χ2v) is 4.19. The van der Waals surface area contributed by atoms with E-state index in [1.165, 1.54) is 11.3 Å². The van der Waals surface area contributed by atoms with E-state index in [4.69, 9.17) is 4.74 Å². The monoisotopic (exact) mass is 212 g/mol. The molecule has 2 nitrogen and oxygen atoms in total. The summed E-state index contributed by atoms with van der Waals surface area (Å²) in [6.07, 6.45) is 3.24. The highest BCUT2D eigenvalue weighted by molar-refractivity contribution is 7.12. The SMILES string of the molecule is CCCCCOC(=O)c1sccc1C. The number of aryl methyl sites for hydroxylation is 1. The first-order valence-electron chi connectivity index (χ1n) is 4.97. The molecule has 3 heteroatoms. The van der Waals surface area contributed by atoms with Gasteiger partial charge < -0.3 is 4.74 Å². The predicted octanol–water partition coefficient (Wildman–Crippen LogP) is 3.40. The first-order valence-corrected chi connectivity index (χ1v) is 5.85. The molecule has 1 heterocycles. The van der Waals surface area contributed by atoms with Gasteiger partial charge in [-0.3, -0.25) is 0 Å². The lowest BCUT2D eigenvalue weighted by Gasteiger charge is -2.02. The summed E-state index contributed by atoms with van der Waals surface area (Å²) in [5.41, 5.74) is 1.01. The Kier molecular flexibility index (Phi) is 4.66. The molecule has 0 unspecified atom stereocenters. The third-order valence-corrected chi connectivity index (χ3v) is 3.03. The van der Waals surface area contributed by atoms with Crippen LogP contribution in [0.25, 0.3) is 0 Å². The minimum absolute atomic E-state index is 0.173. The van der Waals surface area contributed by atoms with Crippen molar-refractivity contribution >= 4 is 17.3 Å². The van der Waals surface area contributed by atoms with Gasteiger partial charge in [-0.25, -0.2) is 4.79 Å². The highest BCUT2D eigenvalue weighted by atomic mass is 32.1. The van der Waals surface area contributed by atoms with Crippen LogP contribution in [0, 0.1) is 6.92 Å². The number of rotatable bonds is 5. The molecule has 78 valence electrons. The quantitative estimate of drug-likeness (QED) is 0.552. The maximum atomic E-state index is 11.5. The third kappa shape index (κ3) is 3.14. The highest BCUT2D eigenvalue weighted by Crippen LogP contribution is 2.16. The smallest absolute Gasteiger partial charge is 0.348 e. The van der Waals surface area contributed by atoms with E-state index in [0.717, 1.165) is 29.7 Å². The lowest BCUT2D eigenvalue weighted by Crippen LogP contribution is -2.05. The van der Waals surface area contributed by atoms with Gasteiger partial charge in [0.25, 0.3) is 0 Å². The summed E-state index contributed by atoms with van der Waals surface area (Å²) in [6.45, 7) is 4.61. The molecule has 0 atom stereocenters. The van der Waals surface area contributed by atoms with Gasteiger partial charge in [0.2, 0.25) is 0 Å². The molecule has 0 bridgehead atoms. The van der Waals surface area contributed by atoms with E-state index >= 15 is 0 Å². The number of hydrogen-bond acceptors (Lipinski definition) is 3. The Balaban J connectivity index is 2.32. The number of esters is 1. The fraction of sp³-hybridized carbons (Fsp3) is 0.545. The number of unbranched alkanes of at least 4 members (excludes halogenated alkanes) is 2. The van der Waals surface area contributed by atoms with Gasteiger partial charge in [0, 0.05) is 0 Å². The van der Waals surface area contributed by atoms with Crippen LogP contribution >= 0.6 is 11.3 Å². The summed E-state index contributed by atoms with van der Waals surface area (Å²) in [5.74, 6) is -0.173. The van der Waals surface area contributed by atoms with Crippen LogP contribution in [0.15, 0.2) is 11.4 Å². The Morgan fingerprint density at radius 2 is 2.29 bits per heavy atom. The van der Waals surface area contributed by atoms with Gasteiger partial charge in [-0.05, 0) is 30.4 Å². The molecule has 0 saturated heterocycles. The van der Waals surface area contributed by atoms with Crippen LogP contribution in [0.1, 0.15) is 41.4 Å². The average Bonchev–Trinajstić information content (AvgIpc) is 2.59. The van der Waals surface area contributed by atoms with Gasteiger partial charge in [0.15, 0.2) is 0 Å². The van der Waals surface area contributed by atoms with E-state index in [1.54, 1.807) is 0 Å². The normalized spacial score (nSPS) is 10.1. The van der Waals surface area contributed by atoms with E-state index in [9.17, 15) is 4.79 Å². The van der Waals surface area contributed by atoms with E-state index in [0.29, 0.717) is 6.61 Å². The third-order valence-electron chi connectivity index (χ3n) is 2.03. The van der Waals surface area contributed by atoms with Crippen molar-refractivity contribution in [3.8, 4) is 0 Å². The Bertz CT molecular complexity index is 291. The molecule has 0 aliphatic heterocycles. The molecule has 0 radical (unpaired) electrons. The van der Waals surface area contributed by atoms with Crippen LogP contribution in [0.3, 0.4) is 0 Å². The van der Waals surface area contributed by atoms with Crippen molar-refractivity contribution < 1.29 is 9.53 Å². The van der Waals surface area contributed by atoms with E-state index in [2.05, 4.69) is 6.92 Å². The molecule has 0 spiro atoms. The van der Waals surface area contributed by atoms with Gasteiger partial charge in [0.1, 0.15) is 4.88 Å². The molecular formula is C11H16O2S. The summed E-state index contributed by atoms with van der Waals surface area (Å²) in [7, 11) is 0. The Morgan fingerprint density at radius 3 is 2.86 bits per heavy atom. The second-order valence-electron chi connectivity index (χ2n) is 3.28. The number of thiophene rings is 1. The van der Waals surface area contributed by atoms with Crippen molar-refractivity contribution in [3.05, 3.63) is 21.9 Å². The van der Waals surface area contributed by atoms with Crippen molar-refractivity contribution in [2.75, 3.05) is 6.61 Å². The number of carbonyl (C=O) groups excluding carboxylic acids is 1. The van der Waals surface area contributed by atoms with Gasteiger partial charge in [-0.2, -0.15) is 0 Å². The van der Waals surface area contributed by atoms with Gasteiger partial charge in [0.05, 0.1) is 6.61 Å². The number of ether oxygens (including phenoxy) is 1. The summed E-state index contributed by atoms with van der Waals surface area (Å²) >= 11 is 1.45. The molecule has 0 aromatic carbocycles. The standard InChI is InChI=1S/C11H16O2S/c1-3-4-5-7-13-11(12)10-9(2)6-8-14-10/h6,8H,3-5,7H2,1-2H3. The minimum atomic E-state index is -0.173. The lowest BCUT2D eigenvalue weighted by atomic mass is 10.3. The van der Waals surface area contributed by atoms with Crippen LogP contribution in [0.2, 0.25) is 0 Å². The molecule has 0 fully saturated rings.